The lowest BCUT2D eigenvalue weighted by Gasteiger charge is -2.10. The molecule has 0 radical (unpaired) electrons. The predicted molar refractivity (Wildman–Crippen MR) is 99.3 cm³/mol. The van der Waals surface area contributed by atoms with Gasteiger partial charge in [0.1, 0.15) is 0 Å². The molecule has 1 aromatic heterocycles. The van der Waals surface area contributed by atoms with E-state index in [1.807, 2.05) is 25.1 Å². The van der Waals surface area contributed by atoms with Gasteiger partial charge >= 0.3 is 0 Å². The summed E-state index contributed by atoms with van der Waals surface area (Å²) in [6.07, 6.45) is 0. The van der Waals surface area contributed by atoms with Crippen molar-refractivity contribution in [2.24, 2.45) is 0 Å². The molecule has 0 spiro atoms. The van der Waals surface area contributed by atoms with Crippen molar-refractivity contribution < 1.29 is 9.72 Å². The maximum atomic E-state index is 12.1. The van der Waals surface area contributed by atoms with Crippen LogP contribution in [0.1, 0.15) is 10.6 Å². The zero-order chi connectivity index (χ0) is 18.0. The number of hydrogen-bond donors (Lipinski definition) is 2. The molecule has 0 fully saturated rings. The molecule has 0 aliphatic rings. The fourth-order valence-corrected chi connectivity index (χ4v) is 3.35. The molecule has 25 heavy (non-hydrogen) atoms. The SMILES string of the molecule is Cc1nc2ccc(NCC(=O)Nc3cccc([N+](=O)[O-])c3C)cc2s1. The number of thiazole rings is 1. The number of anilines is 2. The van der Waals surface area contributed by atoms with E-state index in [2.05, 4.69) is 15.6 Å². The normalized spacial score (nSPS) is 10.6. The van der Waals surface area contributed by atoms with Crippen LogP contribution in [0.3, 0.4) is 0 Å². The average molecular weight is 356 g/mol. The molecule has 128 valence electrons. The lowest BCUT2D eigenvalue weighted by Crippen LogP contribution is -2.22. The third-order valence-corrected chi connectivity index (χ3v) is 4.66. The molecule has 0 saturated carbocycles. The monoisotopic (exact) mass is 356 g/mol. The highest BCUT2D eigenvalue weighted by molar-refractivity contribution is 7.18. The van der Waals surface area contributed by atoms with Gasteiger partial charge in [0.15, 0.2) is 0 Å². The Morgan fingerprint density at radius 1 is 1.28 bits per heavy atom. The summed E-state index contributed by atoms with van der Waals surface area (Å²) in [6, 6.07) is 10.3. The van der Waals surface area contributed by atoms with Crippen LogP contribution in [0.25, 0.3) is 10.2 Å². The van der Waals surface area contributed by atoms with Crippen LogP contribution in [0, 0.1) is 24.0 Å². The van der Waals surface area contributed by atoms with Gasteiger partial charge < -0.3 is 10.6 Å². The van der Waals surface area contributed by atoms with Crippen molar-refractivity contribution in [1.82, 2.24) is 4.98 Å². The van der Waals surface area contributed by atoms with E-state index < -0.39 is 4.92 Å². The summed E-state index contributed by atoms with van der Waals surface area (Å²) in [6.45, 7) is 3.62. The van der Waals surface area contributed by atoms with Crippen LogP contribution in [0.4, 0.5) is 17.1 Å². The van der Waals surface area contributed by atoms with Gasteiger partial charge in [-0.05, 0) is 38.1 Å². The van der Waals surface area contributed by atoms with Crippen LogP contribution in [0.2, 0.25) is 0 Å². The number of amides is 1. The van der Waals surface area contributed by atoms with Gasteiger partial charge in [0.2, 0.25) is 5.91 Å². The second-order valence-electron chi connectivity index (χ2n) is 5.52. The number of benzene rings is 2. The minimum atomic E-state index is -0.463. The third kappa shape index (κ3) is 3.74. The number of nitrogens with one attached hydrogen (secondary N) is 2. The molecule has 0 bridgehead atoms. The zero-order valence-corrected chi connectivity index (χ0v) is 14.5. The lowest BCUT2D eigenvalue weighted by molar-refractivity contribution is -0.385. The molecule has 8 heteroatoms. The minimum absolute atomic E-state index is 0.0169. The van der Waals surface area contributed by atoms with E-state index >= 15 is 0 Å². The maximum absolute atomic E-state index is 12.1. The van der Waals surface area contributed by atoms with Crippen molar-refractivity contribution in [1.29, 1.82) is 0 Å². The first-order chi connectivity index (χ1) is 11.9. The first-order valence-electron chi connectivity index (χ1n) is 7.59. The number of rotatable bonds is 5. The van der Waals surface area contributed by atoms with Crippen LogP contribution in [-0.2, 0) is 4.79 Å². The van der Waals surface area contributed by atoms with E-state index in [0.29, 0.717) is 11.3 Å². The van der Waals surface area contributed by atoms with Gasteiger partial charge in [-0.2, -0.15) is 0 Å². The van der Waals surface area contributed by atoms with E-state index in [9.17, 15) is 14.9 Å². The smallest absolute Gasteiger partial charge is 0.274 e. The van der Waals surface area contributed by atoms with Crippen molar-refractivity contribution in [2.75, 3.05) is 17.2 Å². The molecule has 3 aromatic rings. The van der Waals surface area contributed by atoms with Gasteiger partial charge in [0.05, 0.1) is 37.9 Å². The highest BCUT2D eigenvalue weighted by Crippen LogP contribution is 2.26. The van der Waals surface area contributed by atoms with Crippen LogP contribution >= 0.6 is 11.3 Å². The second-order valence-corrected chi connectivity index (χ2v) is 6.76. The Kier molecular flexibility index (Phi) is 4.62. The molecule has 0 aliphatic heterocycles. The Hall–Kier alpha value is -3.00. The number of aryl methyl sites for hydroxylation is 1. The number of carbonyl (C=O) groups excluding carboxylic acids is 1. The van der Waals surface area contributed by atoms with Crippen molar-refractivity contribution in [3.8, 4) is 0 Å². The topological polar surface area (TPSA) is 97.2 Å². The first-order valence-corrected chi connectivity index (χ1v) is 8.40. The molecular weight excluding hydrogens is 340 g/mol. The molecule has 0 saturated heterocycles. The van der Waals surface area contributed by atoms with Gasteiger partial charge in [-0.3, -0.25) is 14.9 Å². The van der Waals surface area contributed by atoms with Gasteiger partial charge in [0, 0.05) is 11.8 Å². The molecule has 0 atom stereocenters. The summed E-state index contributed by atoms with van der Waals surface area (Å²) in [5.41, 5.74) is 2.61. The summed E-state index contributed by atoms with van der Waals surface area (Å²) in [7, 11) is 0. The van der Waals surface area contributed by atoms with Crippen LogP contribution < -0.4 is 10.6 Å². The summed E-state index contributed by atoms with van der Waals surface area (Å²) < 4.78 is 1.05. The number of carbonyl (C=O) groups is 1. The van der Waals surface area contributed by atoms with E-state index in [0.717, 1.165) is 20.9 Å². The third-order valence-electron chi connectivity index (χ3n) is 3.72. The van der Waals surface area contributed by atoms with Crippen molar-refractivity contribution >= 4 is 44.5 Å². The standard InChI is InChI=1S/C17H16N4O3S/c1-10-13(4-3-5-15(10)21(23)24)20-17(22)9-18-12-6-7-14-16(8-12)25-11(2)19-14/h3-8,18H,9H2,1-2H3,(H,20,22). The minimum Gasteiger partial charge on any atom is -0.376 e. The van der Waals surface area contributed by atoms with E-state index in [1.165, 1.54) is 6.07 Å². The Labute approximate surface area is 147 Å². The van der Waals surface area contributed by atoms with E-state index in [-0.39, 0.29) is 18.1 Å². The summed E-state index contributed by atoms with van der Waals surface area (Å²) in [5, 5.41) is 17.7. The van der Waals surface area contributed by atoms with Gasteiger partial charge in [-0.15, -0.1) is 11.3 Å². The molecule has 0 aliphatic carbocycles. The van der Waals surface area contributed by atoms with E-state index in [1.54, 1.807) is 30.4 Å². The average Bonchev–Trinajstić information content (AvgIpc) is 2.94. The second kappa shape index (κ2) is 6.86. The summed E-state index contributed by atoms with van der Waals surface area (Å²) in [5.74, 6) is -0.274. The number of nitro groups is 1. The molecule has 3 rings (SSSR count). The quantitative estimate of drug-likeness (QED) is 0.534. The fourth-order valence-electron chi connectivity index (χ4n) is 2.48. The number of fused-ring (bicyclic) bond motifs is 1. The highest BCUT2D eigenvalue weighted by atomic mass is 32.1. The van der Waals surface area contributed by atoms with Crippen LogP contribution in [0.5, 0.6) is 0 Å². The van der Waals surface area contributed by atoms with Crippen LogP contribution in [-0.4, -0.2) is 22.4 Å². The van der Waals surface area contributed by atoms with Crippen molar-refractivity contribution in [3.63, 3.8) is 0 Å². The molecule has 0 unspecified atom stereocenters. The summed E-state index contributed by atoms with van der Waals surface area (Å²) >= 11 is 1.59. The van der Waals surface area contributed by atoms with Gasteiger partial charge in [-0.1, -0.05) is 6.07 Å². The maximum Gasteiger partial charge on any atom is 0.274 e. The number of hydrogen-bond acceptors (Lipinski definition) is 6. The molecule has 2 N–H and O–H groups in total. The number of nitro benzene ring substituents is 1. The Bertz CT molecular complexity index is 968. The molecule has 1 heterocycles. The van der Waals surface area contributed by atoms with Crippen molar-refractivity contribution in [3.05, 3.63) is 57.1 Å². The molecular formula is C17H16N4O3S. The molecule has 1 amide bonds. The molecule has 2 aromatic carbocycles. The van der Waals surface area contributed by atoms with Crippen LogP contribution in [0.15, 0.2) is 36.4 Å². The van der Waals surface area contributed by atoms with Crippen molar-refractivity contribution in [2.45, 2.75) is 13.8 Å². The Morgan fingerprint density at radius 2 is 2.08 bits per heavy atom. The van der Waals surface area contributed by atoms with Gasteiger partial charge in [-0.25, -0.2) is 4.98 Å². The summed E-state index contributed by atoms with van der Waals surface area (Å²) in [4.78, 5) is 27.0. The Morgan fingerprint density at radius 3 is 2.84 bits per heavy atom. The fraction of sp³-hybridized carbons (Fsp3) is 0.176. The number of aromatic nitrogens is 1. The van der Waals surface area contributed by atoms with Gasteiger partial charge in [0.25, 0.3) is 5.69 Å². The van der Waals surface area contributed by atoms with E-state index in [4.69, 9.17) is 0 Å². The predicted octanol–water partition coefficient (Wildman–Crippen LogP) is 3.87. The zero-order valence-electron chi connectivity index (χ0n) is 13.7. The Balaban J connectivity index is 1.66. The number of nitrogens with zero attached hydrogens (tertiary/aromatic N) is 2. The lowest BCUT2D eigenvalue weighted by atomic mass is 10.1. The highest BCUT2D eigenvalue weighted by Gasteiger charge is 2.14. The largest absolute Gasteiger partial charge is 0.376 e. The first kappa shape index (κ1) is 16.8. The molecule has 7 nitrogen and oxygen atoms in total.